The number of nitrogens with one attached hydrogen (secondary N) is 2. The maximum Gasteiger partial charge on any atom is 0.282 e. The summed E-state index contributed by atoms with van der Waals surface area (Å²) in [6, 6.07) is 16.7. The first-order chi connectivity index (χ1) is 15.0. The fourth-order valence-electron chi connectivity index (χ4n) is 2.88. The molecule has 31 heavy (non-hydrogen) atoms. The number of nitro groups is 1. The van der Waals surface area contributed by atoms with Crippen LogP contribution in [0.4, 0.5) is 5.69 Å². The van der Waals surface area contributed by atoms with Gasteiger partial charge in [-0.05, 0) is 48.1 Å². The Morgan fingerprint density at radius 2 is 1.87 bits per heavy atom. The highest BCUT2D eigenvalue weighted by molar-refractivity contribution is 7.80. The second-order valence-corrected chi connectivity index (χ2v) is 6.86. The highest BCUT2D eigenvalue weighted by Gasteiger charge is 2.19. The molecule has 4 rings (SSSR count). The fraction of sp³-hybridized carbons (Fsp3) is 0.0476. The maximum absolute atomic E-state index is 12.3. The van der Waals surface area contributed by atoms with Gasteiger partial charge in [-0.15, -0.1) is 0 Å². The number of oxazole rings is 1. The van der Waals surface area contributed by atoms with Crippen LogP contribution >= 0.6 is 12.2 Å². The van der Waals surface area contributed by atoms with Gasteiger partial charge in [-0.2, -0.15) is 4.98 Å². The number of para-hydroxylation sites is 1. The molecule has 9 nitrogen and oxygen atoms in total. The molecule has 0 fully saturated rings. The molecule has 0 aliphatic carbocycles. The molecule has 154 valence electrons. The predicted molar refractivity (Wildman–Crippen MR) is 117 cm³/mol. The number of thiocarbonyl (C=S) groups is 1. The van der Waals surface area contributed by atoms with Gasteiger partial charge in [-0.25, -0.2) is 4.98 Å². The summed E-state index contributed by atoms with van der Waals surface area (Å²) in [4.78, 5) is 31.3. The summed E-state index contributed by atoms with van der Waals surface area (Å²) in [5.74, 6) is -0.176. The van der Waals surface area contributed by atoms with Crippen molar-refractivity contribution in [2.24, 2.45) is 0 Å². The first kappa shape index (κ1) is 20.1. The third-order valence-corrected chi connectivity index (χ3v) is 4.64. The maximum atomic E-state index is 12.3. The van der Waals surface area contributed by atoms with E-state index in [1.165, 1.54) is 18.2 Å². The Kier molecular flexibility index (Phi) is 5.63. The van der Waals surface area contributed by atoms with Gasteiger partial charge in [0, 0.05) is 24.4 Å². The van der Waals surface area contributed by atoms with E-state index in [0.717, 1.165) is 11.1 Å². The van der Waals surface area contributed by atoms with Gasteiger partial charge < -0.3 is 9.73 Å². The van der Waals surface area contributed by atoms with E-state index in [4.69, 9.17) is 16.6 Å². The first-order valence-corrected chi connectivity index (χ1v) is 9.55. The summed E-state index contributed by atoms with van der Waals surface area (Å²) < 4.78 is 5.70. The minimum atomic E-state index is -0.648. The minimum Gasteiger partial charge on any atom is -0.434 e. The van der Waals surface area contributed by atoms with Crippen LogP contribution in [0, 0.1) is 10.1 Å². The molecule has 0 radical (unpaired) electrons. The number of rotatable bonds is 5. The normalized spacial score (nSPS) is 10.6. The Bertz CT molecular complexity index is 1250. The number of carbonyl (C=O) groups is 1. The van der Waals surface area contributed by atoms with Crippen LogP contribution in [0.25, 0.3) is 22.7 Å². The zero-order chi connectivity index (χ0) is 21.8. The van der Waals surface area contributed by atoms with Crippen molar-refractivity contribution < 1.29 is 14.1 Å². The molecule has 1 amide bonds. The lowest BCUT2D eigenvalue weighted by atomic mass is 10.1. The molecule has 0 saturated carbocycles. The van der Waals surface area contributed by atoms with E-state index < -0.39 is 10.8 Å². The third kappa shape index (κ3) is 4.54. The summed E-state index contributed by atoms with van der Waals surface area (Å²) in [5.41, 5.74) is 2.52. The Balaban J connectivity index is 1.36. The Morgan fingerprint density at radius 3 is 2.61 bits per heavy atom. The van der Waals surface area contributed by atoms with Crippen LogP contribution in [-0.2, 0) is 6.54 Å². The van der Waals surface area contributed by atoms with Crippen LogP contribution in [-0.4, -0.2) is 25.9 Å². The number of nitro benzene ring substituents is 1. The molecule has 0 unspecified atom stereocenters. The molecule has 0 aliphatic rings. The highest BCUT2D eigenvalue weighted by atomic mass is 32.1. The summed E-state index contributed by atoms with van der Waals surface area (Å²) in [6.07, 6.45) is 1.65. The van der Waals surface area contributed by atoms with Crippen LogP contribution < -0.4 is 10.6 Å². The molecule has 4 aromatic rings. The van der Waals surface area contributed by atoms with Crippen LogP contribution in [0.2, 0.25) is 0 Å². The quantitative estimate of drug-likeness (QED) is 0.278. The van der Waals surface area contributed by atoms with Gasteiger partial charge >= 0.3 is 0 Å². The number of benzene rings is 2. The molecule has 0 aliphatic heterocycles. The number of carbonyl (C=O) groups excluding carboxylic acids is 1. The van der Waals surface area contributed by atoms with Gasteiger partial charge in [0.25, 0.3) is 11.6 Å². The summed E-state index contributed by atoms with van der Waals surface area (Å²) in [7, 11) is 0. The molecule has 2 aromatic carbocycles. The smallest absolute Gasteiger partial charge is 0.282 e. The number of pyridine rings is 1. The van der Waals surface area contributed by atoms with Gasteiger partial charge in [-0.3, -0.25) is 20.2 Å². The van der Waals surface area contributed by atoms with E-state index in [-0.39, 0.29) is 16.4 Å². The Labute approximate surface area is 181 Å². The first-order valence-electron chi connectivity index (χ1n) is 9.15. The summed E-state index contributed by atoms with van der Waals surface area (Å²) in [6.45, 7) is 0.353. The monoisotopic (exact) mass is 433 g/mol. The van der Waals surface area contributed by atoms with Crippen molar-refractivity contribution in [3.63, 3.8) is 0 Å². The molecule has 0 spiro atoms. The van der Waals surface area contributed by atoms with Gasteiger partial charge in [0.2, 0.25) is 5.89 Å². The zero-order valence-electron chi connectivity index (χ0n) is 15.9. The molecule has 0 bridgehead atoms. The SMILES string of the molecule is O=C(NC(=S)NCc1ccc(-c2nc3ncccc3o2)cc1)c1ccccc1[N+](=O)[O-]. The molecular formula is C21H15N5O4S. The highest BCUT2D eigenvalue weighted by Crippen LogP contribution is 2.23. The van der Waals surface area contributed by atoms with Gasteiger partial charge in [0.15, 0.2) is 16.3 Å². The number of hydrogen-bond acceptors (Lipinski definition) is 7. The molecule has 2 heterocycles. The number of aromatic nitrogens is 2. The minimum absolute atomic E-state index is 0.0613. The molecular weight excluding hydrogens is 418 g/mol. The lowest BCUT2D eigenvalue weighted by molar-refractivity contribution is -0.385. The number of fused-ring (bicyclic) bond motifs is 1. The molecule has 10 heteroatoms. The van der Waals surface area contributed by atoms with E-state index in [2.05, 4.69) is 20.6 Å². The number of hydrogen-bond donors (Lipinski definition) is 2. The fourth-order valence-corrected chi connectivity index (χ4v) is 3.04. The molecule has 2 N–H and O–H groups in total. The third-order valence-electron chi connectivity index (χ3n) is 4.39. The van der Waals surface area contributed by atoms with Crippen LogP contribution in [0.3, 0.4) is 0 Å². The predicted octanol–water partition coefficient (Wildman–Crippen LogP) is 3.60. The van der Waals surface area contributed by atoms with E-state index in [0.29, 0.717) is 23.7 Å². The van der Waals surface area contributed by atoms with Crippen molar-refractivity contribution in [3.05, 3.63) is 88.1 Å². The van der Waals surface area contributed by atoms with Gasteiger partial charge in [0.05, 0.1) is 4.92 Å². The van der Waals surface area contributed by atoms with Crippen molar-refractivity contribution in [2.75, 3.05) is 0 Å². The molecule has 2 aromatic heterocycles. The second kappa shape index (κ2) is 8.67. The van der Waals surface area contributed by atoms with E-state index in [9.17, 15) is 14.9 Å². The van der Waals surface area contributed by atoms with Crippen LogP contribution in [0.5, 0.6) is 0 Å². The average molecular weight is 433 g/mol. The largest absolute Gasteiger partial charge is 0.434 e. The van der Waals surface area contributed by atoms with Gasteiger partial charge in [-0.1, -0.05) is 24.3 Å². The summed E-state index contributed by atoms with van der Waals surface area (Å²) in [5, 5.41) is 16.5. The van der Waals surface area contributed by atoms with Crippen molar-refractivity contribution in [1.82, 2.24) is 20.6 Å². The average Bonchev–Trinajstić information content (AvgIpc) is 3.22. The summed E-state index contributed by atoms with van der Waals surface area (Å²) >= 11 is 5.13. The molecule has 0 saturated heterocycles. The standard InChI is InChI=1S/C21H15N5O4S/c27-19(15-4-1-2-5-16(15)26(28)29)25-21(31)23-12-13-7-9-14(10-8-13)20-24-18-17(30-20)6-3-11-22-18/h1-11H,12H2,(H2,23,25,27,31). The molecule has 0 atom stereocenters. The topological polar surface area (TPSA) is 123 Å². The van der Waals surface area contributed by atoms with Crippen molar-refractivity contribution >= 4 is 40.2 Å². The Hall–Kier alpha value is -4.18. The van der Waals surface area contributed by atoms with E-state index in [1.54, 1.807) is 24.4 Å². The zero-order valence-corrected chi connectivity index (χ0v) is 16.8. The lowest BCUT2D eigenvalue weighted by Gasteiger charge is -2.10. The van der Waals surface area contributed by atoms with Crippen LogP contribution in [0.1, 0.15) is 15.9 Å². The lowest BCUT2D eigenvalue weighted by Crippen LogP contribution is -2.39. The van der Waals surface area contributed by atoms with Crippen molar-refractivity contribution in [1.29, 1.82) is 0 Å². The van der Waals surface area contributed by atoms with Crippen LogP contribution in [0.15, 0.2) is 71.3 Å². The number of amides is 1. The van der Waals surface area contributed by atoms with Gasteiger partial charge in [0.1, 0.15) is 5.56 Å². The second-order valence-electron chi connectivity index (χ2n) is 6.45. The van der Waals surface area contributed by atoms with E-state index in [1.807, 2.05) is 24.3 Å². The van der Waals surface area contributed by atoms with Crippen molar-refractivity contribution in [2.45, 2.75) is 6.54 Å². The Morgan fingerprint density at radius 1 is 1.10 bits per heavy atom. The number of nitrogens with zero attached hydrogens (tertiary/aromatic N) is 3. The van der Waals surface area contributed by atoms with E-state index >= 15 is 0 Å². The van der Waals surface area contributed by atoms with Crippen molar-refractivity contribution in [3.8, 4) is 11.5 Å².